The number of anilines is 1. The molecule has 35 heavy (non-hydrogen) atoms. The van der Waals surface area contributed by atoms with Crippen LogP contribution in [0.2, 0.25) is 0 Å². The number of nitrogens with zero attached hydrogens (tertiary/aromatic N) is 2. The third-order valence-electron chi connectivity index (χ3n) is 5.73. The number of nitrogen functional groups attached to an aromatic ring is 1. The van der Waals surface area contributed by atoms with E-state index in [1.165, 1.54) is 0 Å². The number of ether oxygens (including phenoxy) is 1. The summed E-state index contributed by atoms with van der Waals surface area (Å²) in [5.41, 5.74) is 9.74. The van der Waals surface area contributed by atoms with Crippen molar-refractivity contribution in [1.29, 1.82) is 5.41 Å². The van der Waals surface area contributed by atoms with Crippen molar-refractivity contribution in [2.45, 2.75) is 33.1 Å². The van der Waals surface area contributed by atoms with Crippen LogP contribution in [0.1, 0.15) is 43.5 Å². The van der Waals surface area contributed by atoms with Crippen LogP contribution < -0.4 is 10.0 Å². The molecule has 0 fully saturated rings. The van der Waals surface area contributed by atoms with Crippen molar-refractivity contribution in [2.24, 2.45) is 12.8 Å². The Kier molecular flexibility index (Phi) is 9.73. The quantitative estimate of drug-likeness (QED) is 0.225. The number of unbranched alkanes of at least 4 members (excludes halogenated alkanes) is 1. The normalized spacial score (nSPS) is 11.2. The molecule has 1 aromatic heterocycles. The lowest BCUT2D eigenvalue weighted by atomic mass is 10.1. The average molecular weight is 521 g/mol. The molecule has 0 radical (unpaired) electrons. The van der Waals surface area contributed by atoms with Crippen molar-refractivity contribution < 1.29 is 17.9 Å². The molecule has 1 heterocycles. The first-order valence-corrected chi connectivity index (χ1v) is 12.9. The molecule has 0 unspecified atom stereocenters. The Balaban J connectivity index is 0.00000432. The van der Waals surface area contributed by atoms with E-state index in [2.05, 4.69) is 4.57 Å². The molecule has 3 N–H and O–H groups in total. The third kappa shape index (κ3) is 6.76. The lowest BCUT2D eigenvalue weighted by Gasteiger charge is -2.23. The number of amidine groups is 1. The number of aromatic nitrogens is 1. The van der Waals surface area contributed by atoms with Crippen LogP contribution in [0, 0.1) is 5.41 Å². The zero-order valence-electron chi connectivity index (χ0n) is 20.3. The second kappa shape index (κ2) is 12.1. The molecule has 3 rings (SSSR count). The maximum absolute atomic E-state index is 13.0. The van der Waals surface area contributed by atoms with Crippen LogP contribution in [0.15, 0.2) is 48.5 Å². The molecule has 0 aliphatic rings. The first kappa shape index (κ1) is 28.2. The Hall–Kier alpha value is -3.04. The van der Waals surface area contributed by atoms with Crippen molar-refractivity contribution in [2.75, 3.05) is 23.2 Å². The second-order valence-electron chi connectivity index (χ2n) is 8.21. The summed E-state index contributed by atoms with van der Waals surface area (Å²) >= 11 is 0. The van der Waals surface area contributed by atoms with Gasteiger partial charge in [0.1, 0.15) is 12.4 Å². The minimum absolute atomic E-state index is 0. The zero-order chi connectivity index (χ0) is 24.9. The molecule has 0 saturated heterocycles. The minimum atomic E-state index is -3.68. The maximum Gasteiger partial charge on any atom is 0.326 e. The van der Waals surface area contributed by atoms with Gasteiger partial charge in [-0.1, -0.05) is 37.6 Å². The zero-order valence-corrected chi connectivity index (χ0v) is 21.9. The van der Waals surface area contributed by atoms with Crippen molar-refractivity contribution >= 4 is 50.8 Å². The predicted octanol–water partition coefficient (Wildman–Crippen LogP) is 3.97. The van der Waals surface area contributed by atoms with Gasteiger partial charge in [-0.05, 0) is 43.2 Å². The maximum atomic E-state index is 13.0. The summed E-state index contributed by atoms with van der Waals surface area (Å²) in [4.78, 5) is 12.2. The Morgan fingerprint density at radius 2 is 1.80 bits per heavy atom. The molecule has 0 saturated carbocycles. The van der Waals surface area contributed by atoms with Crippen molar-refractivity contribution in [3.05, 3.63) is 65.4 Å². The third-order valence-corrected chi connectivity index (χ3v) is 7.55. The molecular formula is C25H33ClN4O4S. The lowest BCUT2D eigenvalue weighted by molar-refractivity contribution is -0.141. The highest BCUT2D eigenvalue weighted by Crippen LogP contribution is 2.28. The first-order chi connectivity index (χ1) is 16.2. The van der Waals surface area contributed by atoms with E-state index in [1.807, 2.05) is 50.4 Å². The molecular weight excluding hydrogens is 488 g/mol. The number of carbonyl (C=O) groups excluding carboxylic acids is 1. The number of benzene rings is 2. The summed E-state index contributed by atoms with van der Waals surface area (Å²) in [5.74, 6) is -0.576. The molecule has 0 aliphatic heterocycles. The molecule has 0 amide bonds. The van der Waals surface area contributed by atoms with Crippen LogP contribution in [-0.2, 0) is 33.0 Å². The van der Waals surface area contributed by atoms with E-state index < -0.39 is 16.0 Å². The fourth-order valence-corrected chi connectivity index (χ4v) is 5.45. The number of nitrogens with two attached hydrogens (primary N) is 1. The van der Waals surface area contributed by atoms with E-state index >= 15 is 0 Å². The van der Waals surface area contributed by atoms with Gasteiger partial charge in [0.05, 0.1) is 18.0 Å². The summed E-state index contributed by atoms with van der Waals surface area (Å²) < 4.78 is 34.3. The van der Waals surface area contributed by atoms with Gasteiger partial charge in [0.15, 0.2) is 0 Å². The largest absolute Gasteiger partial charge is 0.465 e. The van der Waals surface area contributed by atoms with Crippen LogP contribution in [0.4, 0.5) is 5.69 Å². The van der Waals surface area contributed by atoms with Gasteiger partial charge in [-0.25, -0.2) is 8.42 Å². The van der Waals surface area contributed by atoms with Gasteiger partial charge >= 0.3 is 5.97 Å². The molecule has 2 aromatic carbocycles. The smallest absolute Gasteiger partial charge is 0.326 e. The average Bonchev–Trinajstić information content (AvgIpc) is 3.11. The number of hydrogen-bond acceptors (Lipinski definition) is 5. The number of nitrogens with one attached hydrogen (secondary N) is 1. The van der Waals surface area contributed by atoms with E-state index in [-0.39, 0.29) is 37.1 Å². The van der Waals surface area contributed by atoms with Gasteiger partial charge in [0.25, 0.3) is 0 Å². The number of halogens is 1. The van der Waals surface area contributed by atoms with Crippen LogP contribution >= 0.6 is 12.4 Å². The van der Waals surface area contributed by atoms with Crippen LogP contribution in [0.5, 0.6) is 0 Å². The van der Waals surface area contributed by atoms with Gasteiger partial charge in [0, 0.05) is 35.6 Å². The molecule has 8 nitrogen and oxygen atoms in total. The fourth-order valence-electron chi connectivity index (χ4n) is 3.84. The van der Waals surface area contributed by atoms with Crippen LogP contribution in [-0.4, -0.2) is 43.7 Å². The van der Waals surface area contributed by atoms with Gasteiger partial charge in [-0.15, -0.1) is 12.4 Å². The highest BCUT2D eigenvalue weighted by atomic mass is 35.5. The van der Waals surface area contributed by atoms with Gasteiger partial charge in [-0.3, -0.25) is 14.5 Å². The molecule has 0 aliphatic carbocycles. The van der Waals surface area contributed by atoms with Crippen molar-refractivity contribution in [3.8, 4) is 0 Å². The monoisotopic (exact) mass is 520 g/mol. The first-order valence-electron chi connectivity index (χ1n) is 11.3. The van der Waals surface area contributed by atoms with E-state index in [0.717, 1.165) is 32.9 Å². The lowest BCUT2D eigenvalue weighted by Crippen LogP contribution is -2.38. The molecule has 0 spiro atoms. The van der Waals surface area contributed by atoms with E-state index in [1.54, 1.807) is 19.1 Å². The number of aryl methyl sites for hydroxylation is 1. The van der Waals surface area contributed by atoms with Gasteiger partial charge in [0.2, 0.25) is 10.0 Å². The van der Waals surface area contributed by atoms with E-state index in [0.29, 0.717) is 24.1 Å². The number of esters is 1. The summed E-state index contributed by atoms with van der Waals surface area (Å²) in [5, 5.41) is 8.42. The molecule has 0 bridgehead atoms. The molecule has 190 valence electrons. The van der Waals surface area contributed by atoms with Crippen LogP contribution in [0.25, 0.3) is 10.9 Å². The highest BCUT2D eigenvalue weighted by molar-refractivity contribution is 7.92. The van der Waals surface area contributed by atoms with Gasteiger partial charge in [-0.2, -0.15) is 0 Å². The summed E-state index contributed by atoms with van der Waals surface area (Å²) in [7, 11) is -1.72. The Morgan fingerprint density at radius 1 is 1.11 bits per heavy atom. The van der Waals surface area contributed by atoms with E-state index in [9.17, 15) is 13.2 Å². The second-order valence-corrected chi connectivity index (χ2v) is 10.2. The van der Waals surface area contributed by atoms with Gasteiger partial charge < -0.3 is 15.0 Å². The number of carbonyl (C=O) groups is 1. The Labute approximate surface area is 213 Å². The fraction of sp³-hybridized carbons (Fsp3) is 0.360. The Bertz CT molecular complexity index is 1290. The number of fused-ring (bicyclic) bond motifs is 1. The number of rotatable bonds is 11. The molecule has 0 atom stereocenters. The van der Waals surface area contributed by atoms with E-state index in [4.69, 9.17) is 15.9 Å². The molecule has 10 heteroatoms. The van der Waals surface area contributed by atoms with Crippen molar-refractivity contribution in [3.63, 3.8) is 0 Å². The SMILES string of the molecule is CCCCS(=O)(=O)N(CC(=O)OCC)c1ccc2c(c1)cc(Cc1ccc(C(=N)N)cc1)n2C.Cl. The summed E-state index contributed by atoms with van der Waals surface area (Å²) in [6.07, 6.45) is 1.92. The molecule has 3 aromatic rings. The standard InChI is InChI=1S/C25H32N4O4S.ClH/c1-4-6-13-34(31,32)29(17-24(30)33-5-2)21-11-12-23-20(15-21)16-22(28(23)3)14-18-7-9-19(10-8-18)25(26)27;/h7-12,15-16H,4-6,13-14,17H2,1-3H3,(H3,26,27);1H. The Morgan fingerprint density at radius 3 is 2.40 bits per heavy atom. The number of sulfonamides is 1. The highest BCUT2D eigenvalue weighted by Gasteiger charge is 2.26. The number of hydrogen-bond donors (Lipinski definition) is 2. The topological polar surface area (TPSA) is 118 Å². The van der Waals surface area contributed by atoms with Crippen LogP contribution in [0.3, 0.4) is 0 Å². The minimum Gasteiger partial charge on any atom is -0.465 e. The summed E-state index contributed by atoms with van der Waals surface area (Å²) in [6, 6.07) is 15.0. The predicted molar refractivity (Wildman–Crippen MR) is 143 cm³/mol. The van der Waals surface area contributed by atoms with Crippen molar-refractivity contribution in [1.82, 2.24) is 4.57 Å². The summed E-state index contributed by atoms with van der Waals surface area (Å²) in [6.45, 7) is 3.46.